The van der Waals surface area contributed by atoms with Gasteiger partial charge in [0.25, 0.3) is 0 Å². The van der Waals surface area contributed by atoms with Crippen LogP contribution in [0.4, 0.5) is 10.8 Å². The number of nitrogens with zero attached hydrogens (tertiary/aromatic N) is 4. The number of likely N-dealkylation sites (tertiary alicyclic amines) is 1. The van der Waals surface area contributed by atoms with Gasteiger partial charge in [-0.25, -0.2) is 4.98 Å². The molecule has 2 aromatic rings. The highest BCUT2D eigenvalue weighted by molar-refractivity contribution is 7.13. The molecule has 2 aromatic heterocycles. The Morgan fingerprint density at radius 1 is 1.28 bits per heavy atom. The summed E-state index contributed by atoms with van der Waals surface area (Å²) in [6, 6.07) is -0.507. The van der Waals surface area contributed by atoms with Gasteiger partial charge in [-0.2, -0.15) is 5.10 Å². The van der Waals surface area contributed by atoms with E-state index >= 15 is 0 Å². The second kappa shape index (κ2) is 8.73. The van der Waals surface area contributed by atoms with Gasteiger partial charge in [0.2, 0.25) is 17.7 Å². The second-order valence-electron chi connectivity index (χ2n) is 8.28. The first-order chi connectivity index (χ1) is 13.7. The minimum atomic E-state index is -0.507. The quantitative estimate of drug-likeness (QED) is 0.748. The molecule has 1 saturated heterocycles. The molecule has 1 aliphatic heterocycles. The lowest BCUT2D eigenvalue weighted by atomic mass is 9.92. The first kappa shape index (κ1) is 21.0. The highest BCUT2D eigenvalue weighted by atomic mass is 32.1. The highest BCUT2D eigenvalue weighted by Gasteiger charge is 2.34. The number of hydrogen-bond donors (Lipinski definition) is 2. The summed E-state index contributed by atoms with van der Waals surface area (Å²) in [5, 5.41) is 12.0. The number of nitrogens with one attached hydrogen (secondary N) is 2. The van der Waals surface area contributed by atoms with E-state index in [9.17, 15) is 14.4 Å². The topological polar surface area (TPSA) is 109 Å². The third-order valence-electron chi connectivity index (χ3n) is 4.44. The standard InChI is InChI=1S/C19H26N6O3S/c1-19(2,3)9-15(26)22-13-10-21-24(11-13)12-16(27)25-7-4-5-14(25)17(28)23-18-20-6-8-29-18/h6,8,10-11,14H,4-5,7,9,12H2,1-3H3,(H,22,26)(H,20,23,28). The molecular formula is C19H26N6O3S. The molecule has 3 amide bonds. The number of amides is 3. The largest absolute Gasteiger partial charge is 0.329 e. The summed E-state index contributed by atoms with van der Waals surface area (Å²) in [7, 11) is 0. The van der Waals surface area contributed by atoms with Crippen LogP contribution in [-0.2, 0) is 20.9 Å². The van der Waals surface area contributed by atoms with Crippen molar-refractivity contribution in [3.63, 3.8) is 0 Å². The van der Waals surface area contributed by atoms with Crippen LogP contribution in [0.15, 0.2) is 24.0 Å². The molecule has 1 unspecified atom stereocenters. The maximum Gasteiger partial charge on any atom is 0.248 e. The van der Waals surface area contributed by atoms with Gasteiger partial charge in [-0.15, -0.1) is 11.3 Å². The van der Waals surface area contributed by atoms with Gasteiger partial charge in [0, 0.05) is 30.7 Å². The van der Waals surface area contributed by atoms with Gasteiger partial charge in [-0.1, -0.05) is 20.8 Å². The van der Waals surface area contributed by atoms with Gasteiger partial charge in [0.15, 0.2) is 5.13 Å². The summed E-state index contributed by atoms with van der Waals surface area (Å²) in [5.41, 5.74) is 0.437. The van der Waals surface area contributed by atoms with Crippen molar-refractivity contribution in [1.29, 1.82) is 0 Å². The summed E-state index contributed by atoms with van der Waals surface area (Å²) in [5.74, 6) is -0.499. The number of thiazole rings is 1. The van der Waals surface area contributed by atoms with Gasteiger partial charge in [0.1, 0.15) is 12.6 Å². The van der Waals surface area contributed by atoms with Gasteiger partial charge in [-0.05, 0) is 18.3 Å². The van der Waals surface area contributed by atoms with Crippen LogP contribution in [0.2, 0.25) is 0 Å². The SMILES string of the molecule is CC(C)(C)CC(=O)Nc1cnn(CC(=O)N2CCCC2C(=O)Nc2nccs2)c1. The van der Waals surface area contributed by atoms with Crippen molar-refractivity contribution < 1.29 is 14.4 Å². The van der Waals surface area contributed by atoms with E-state index in [1.54, 1.807) is 22.7 Å². The zero-order valence-electron chi connectivity index (χ0n) is 16.8. The van der Waals surface area contributed by atoms with E-state index in [1.165, 1.54) is 22.2 Å². The highest BCUT2D eigenvalue weighted by Crippen LogP contribution is 2.21. The van der Waals surface area contributed by atoms with Crippen LogP contribution in [0.25, 0.3) is 0 Å². The van der Waals surface area contributed by atoms with E-state index in [1.807, 2.05) is 20.8 Å². The Hall–Kier alpha value is -2.75. The third kappa shape index (κ3) is 5.86. The summed E-state index contributed by atoms with van der Waals surface area (Å²) in [4.78, 5) is 42.9. The predicted octanol–water partition coefficient (Wildman–Crippen LogP) is 2.34. The predicted molar refractivity (Wildman–Crippen MR) is 110 cm³/mol. The summed E-state index contributed by atoms with van der Waals surface area (Å²) >= 11 is 1.34. The lowest BCUT2D eigenvalue weighted by Crippen LogP contribution is -2.44. The zero-order chi connectivity index (χ0) is 21.0. The molecule has 3 heterocycles. The molecule has 1 atom stereocenters. The summed E-state index contributed by atoms with van der Waals surface area (Å²) in [6.45, 7) is 6.52. The molecule has 0 radical (unpaired) electrons. The van der Waals surface area contributed by atoms with Gasteiger partial charge in [0.05, 0.1) is 11.9 Å². The Bertz CT molecular complexity index is 871. The Morgan fingerprint density at radius 2 is 2.07 bits per heavy atom. The minimum absolute atomic E-state index is 0.0101. The average Bonchev–Trinajstić information content (AvgIpc) is 3.34. The molecule has 1 fully saturated rings. The van der Waals surface area contributed by atoms with Crippen LogP contribution in [0.5, 0.6) is 0 Å². The van der Waals surface area contributed by atoms with E-state index in [0.717, 1.165) is 6.42 Å². The molecule has 2 N–H and O–H groups in total. The van der Waals surface area contributed by atoms with Gasteiger partial charge < -0.3 is 15.5 Å². The van der Waals surface area contributed by atoms with Crippen molar-refractivity contribution in [2.45, 2.75) is 52.6 Å². The van der Waals surface area contributed by atoms with E-state index in [2.05, 4.69) is 20.7 Å². The van der Waals surface area contributed by atoms with E-state index in [-0.39, 0.29) is 29.7 Å². The van der Waals surface area contributed by atoms with Crippen molar-refractivity contribution in [1.82, 2.24) is 19.7 Å². The number of carbonyl (C=O) groups is 3. The maximum atomic E-state index is 12.7. The molecule has 29 heavy (non-hydrogen) atoms. The monoisotopic (exact) mass is 418 g/mol. The van der Waals surface area contributed by atoms with Crippen molar-refractivity contribution in [2.75, 3.05) is 17.2 Å². The Morgan fingerprint density at radius 3 is 2.76 bits per heavy atom. The lowest BCUT2D eigenvalue weighted by molar-refractivity contribution is -0.137. The molecule has 0 aromatic carbocycles. The Balaban J connectivity index is 1.56. The molecule has 9 nitrogen and oxygen atoms in total. The lowest BCUT2D eigenvalue weighted by Gasteiger charge is -2.23. The molecule has 10 heteroatoms. The molecular weight excluding hydrogens is 392 g/mol. The first-order valence-corrected chi connectivity index (χ1v) is 10.4. The number of anilines is 2. The fourth-order valence-corrected chi connectivity index (χ4v) is 3.77. The van der Waals surface area contributed by atoms with Gasteiger partial charge in [-0.3, -0.25) is 19.1 Å². The third-order valence-corrected chi connectivity index (χ3v) is 5.13. The molecule has 0 spiro atoms. The fourth-order valence-electron chi connectivity index (χ4n) is 3.24. The molecule has 0 saturated carbocycles. The van der Waals surface area contributed by atoms with Crippen molar-refractivity contribution >= 4 is 39.9 Å². The fraction of sp³-hybridized carbons (Fsp3) is 0.526. The molecule has 3 rings (SSSR count). The molecule has 1 aliphatic rings. The number of aromatic nitrogens is 3. The number of carbonyl (C=O) groups excluding carboxylic acids is 3. The van der Waals surface area contributed by atoms with Crippen molar-refractivity contribution in [3.8, 4) is 0 Å². The summed E-state index contributed by atoms with van der Waals surface area (Å²) in [6.07, 6.45) is 6.54. The van der Waals surface area contributed by atoms with Crippen molar-refractivity contribution in [3.05, 3.63) is 24.0 Å². The summed E-state index contributed by atoms with van der Waals surface area (Å²) < 4.78 is 1.48. The van der Waals surface area contributed by atoms with E-state index in [0.29, 0.717) is 30.2 Å². The number of rotatable bonds is 6. The second-order valence-corrected chi connectivity index (χ2v) is 9.18. The van der Waals surface area contributed by atoms with Crippen LogP contribution < -0.4 is 10.6 Å². The van der Waals surface area contributed by atoms with Crippen LogP contribution in [-0.4, -0.2) is 50.0 Å². The van der Waals surface area contributed by atoms with Crippen LogP contribution in [0, 0.1) is 5.41 Å². The molecule has 0 aliphatic carbocycles. The Labute approximate surface area is 173 Å². The molecule has 156 valence electrons. The smallest absolute Gasteiger partial charge is 0.248 e. The molecule has 0 bridgehead atoms. The average molecular weight is 419 g/mol. The van der Waals surface area contributed by atoms with Crippen LogP contribution in [0.1, 0.15) is 40.0 Å². The maximum absolute atomic E-state index is 12.7. The van der Waals surface area contributed by atoms with Crippen LogP contribution in [0.3, 0.4) is 0 Å². The Kier molecular flexibility index (Phi) is 6.31. The van der Waals surface area contributed by atoms with E-state index in [4.69, 9.17) is 0 Å². The van der Waals surface area contributed by atoms with Crippen molar-refractivity contribution in [2.24, 2.45) is 5.41 Å². The van der Waals surface area contributed by atoms with E-state index < -0.39 is 6.04 Å². The first-order valence-electron chi connectivity index (χ1n) is 9.53. The number of hydrogen-bond acceptors (Lipinski definition) is 6. The van der Waals surface area contributed by atoms with Gasteiger partial charge >= 0.3 is 0 Å². The normalized spacial score (nSPS) is 16.7. The zero-order valence-corrected chi connectivity index (χ0v) is 17.7. The minimum Gasteiger partial charge on any atom is -0.329 e. The van der Waals surface area contributed by atoms with Crippen LogP contribution >= 0.6 is 11.3 Å².